The topological polar surface area (TPSA) is 27.7 Å². The maximum Gasteiger partial charge on any atom is 0.166 e. The van der Waals surface area contributed by atoms with E-state index in [-0.39, 0.29) is 41.3 Å². The molecule has 0 N–H and O–H groups in total. The van der Waals surface area contributed by atoms with Gasteiger partial charge in [-0.3, -0.25) is 0 Å². The molecule has 3 nitrogen and oxygen atoms in total. The average molecular weight is 437 g/mol. The third kappa shape index (κ3) is 6.01. The molecule has 3 rings (SSSR count). The van der Waals surface area contributed by atoms with E-state index in [0.29, 0.717) is 26.1 Å². The number of benzene rings is 2. The Labute approximate surface area is 182 Å². The smallest absolute Gasteiger partial charge is 0.166 e. The summed E-state index contributed by atoms with van der Waals surface area (Å²) in [7, 11) is 0. The van der Waals surface area contributed by atoms with Gasteiger partial charge < -0.3 is 14.2 Å². The van der Waals surface area contributed by atoms with Gasteiger partial charge in [-0.25, -0.2) is 13.2 Å². The molecule has 2 aromatic carbocycles. The first kappa shape index (κ1) is 23.6. The highest BCUT2D eigenvalue weighted by atomic mass is 19.2. The molecule has 1 aliphatic rings. The summed E-state index contributed by atoms with van der Waals surface area (Å²) in [6.07, 6.45) is 4.79. The van der Waals surface area contributed by atoms with Gasteiger partial charge in [0, 0.05) is 18.1 Å². The highest BCUT2D eigenvalue weighted by Gasteiger charge is 2.27. The van der Waals surface area contributed by atoms with Crippen LogP contribution in [0.3, 0.4) is 0 Å². The largest absolute Gasteiger partial charge is 0.491 e. The minimum absolute atomic E-state index is 0.0257. The molecule has 0 radical (unpaired) electrons. The number of rotatable bonds is 10. The zero-order chi connectivity index (χ0) is 22.2. The first-order chi connectivity index (χ1) is 15.0. The highest BCUT2D eigenvalue weighted by molar-refractivity contribution is 5.66. The summed E-state index contributed by atoms with van der Waals surface area (Å²) in [5.41, 5.74) is 0.582. The summed E-state index contributed by atoms with van der Waals surface area (Å²) in [5, 5.41) is 0. The molecule has 2 atom stereocenters. The quantitative estimate of drug-likeness (QED) is 0.376. The first-order valence-corrected chi connectivity index (χ1v) is 11.2. The minimum Gasteiger partial charge on any atom is -0.491 e. The van der Waals surface area contributed by atoms with E-state index < -0.39 is 17.5 Å². The van der Waals surface area contributed by atoms with Gasteiger partial charge >= 0.3 is 0 Å². The van der Waals surface area contributed by atoms with E-state index in [1.807, 2.05) is 6.92 Å². The van der Waals surface area contributed by atoms with Crippen LogP contribution in [0.1, 0.15) is 63.9 Å². The molecule has 6 heteroatoms. The van der Waals surface area contributed by atoms with E-state index in [1.54, 1.807) is 12.1 Å². The van der Waals surface area contributed by atoms with Gasteiger partial charge in [-0.15, -0.1) is 0 Å². The predicted molar refractivity (Wildman–Crippen MR) is 115 cm³/mol. The molecule has 170 valence electrons. The van der Waals surface area contributed by atoms with Crippen molar-refractivity contribution in [3.8, 4) is 16.9 Å². The van der Waals surface area contributed by atoms with Gasteiger partial charge in [0.25, 0.3) is 0 Å². The Morgan fingerprint density at radius 2 is 1.71 bits per heavy atom. The molecule has 1 heterocycles. The van der Waals surface area contributed by atoms with E-state index in [1.165, 1.54) is 18.2 Å². The molecule has 1 fully saturated rings. The standard InChI is InChI=1S/C25H31F3O3/c1-3-5-13-29-22-11-7-17(15-21(22)26)19-9-10-20(25(28)24(19)27)18-8-12-23(31-16-18)30-14-6-4-2/h7,9-11,15,18,23H,3-6,8,12-14,16H2,1-2H3. The lowest BCUT2D eigenvalue weighted by Crippen LogP contribution is -2.28. The van der Waals surface area contributed by atoms with Crippen LogP contribution in [0.15, 0.2) is 30.3 Å². The molecule has 1 aliphatic heterocycles. The Bertz CT molecular complexity index is 848. The SMILES string of the molecule is CCCCOc1ccc(-c2ccc(C3CCC(OCCCC)OC3)c(F)c2F)cc1F. The van der Waals surface area contributed by atoms with E-state index >= 15 is 0 Å². The van der Waals surface area contributed by atoms with E-state index in [4.69, 9.17) is 14.2 Å². The summed E-state index contributed by atoms with van der Waals surface area (Å²) in [5.74, 6) is -2.59. The van der Waals surface area contributed by atoms with Crippen LogP contribution in [-0.4, -0.2) is 26.1 Å². The van der Waals surface area contributed by atoms with Crippen molar-refractivity contribution in [3.63, 3.8) is 0 Å². The van der Waals surface area contributed by atoms with Crippen molar-refractivity contribution in [2.75, 3.05) is 19.8 Å². The second-order valence-electron chi connectivity index (χ2n) is 7.94. The van der Waals surface area contributed by atoms with Gasteiger partial charge in [-0.1, -0.05) is 44.9 Å². The molecule has 31 heavy (non-hydrogen) atoms. The number of hydrogen-bond donors (Lipinski definition) is 0. The lowest BCUT2D eigenvalue weighted by molar-refractivity contribution is -0.167. The summed E-state index contributed by atoms with van der Waals surface area (Å²) >= 11 is 0. The van der Waals surface area contributed by atoms with Crippen LogP contribution >= 0.6 is 0 Å². The summed E-state index contributed by atoms with van der Waals surface area (Å²) in [4.78, 5) is 0. The van der Waals surface area contributed by atoms with Crippen molar-refractivity contribution in [2.45, 2.75) is 64.6 Å². The average Bonchev–Trinajstić information content (AvgIpc) is 2.78. The molecule has 0 aromatic heterocycles. The van der Waals surface area contributed by atoms with Crippen LogP contribution in [0.5, 0.6) is 5.75 Å². The second kappa shape index (κ2) is 11.5. The zero-order valence-electron chi connectivity index (χ0n) is 18.3. The summed E-state index contributed by atoms with van der Waals surface area (Å²) in [6, 6.07) is 7.26. The van der Waals surface area contributed by atoms with Crippen LogP contribution in [0, 0.1) is 17.5 Å². The fraction of sp³-hybridized carbons (Fsp3) is 0.520. The third-order valence-electron chi connectivity index (χ3n) is 5.59. The Balaban J connectivity index is 1.69. The molecule has 1 saturated heterocycles. The van der Waals surface area contributed by atoms with Gasteiger partial charge in [-0.05, 0) is 48.9 Å². The maximum absolute atomic E-state index is 14.9. The Hall–Kier alpha value is -2.05. The fourth-order valence-corrected chi connectivity index (χ4v) is 3.68. The van der Waals surface area contributed by atoms with Gasteiger partial charge in [-0.2, -0.15) is 0 Å². The second-order valence-corrected chi connectivity index (χ2v) is 7.94. The maximum atomic E-state index is 14.9. The van der Waals surface area contributed by atoms with E-state index in [2.05, 4.69) is 6.92 Å². The number of hydrogen-bond acceptors (Lipinski definition) is 3. The highest BCUT2D eigenvalue weighted by Crippen LogP contribution is 2.35. The van der Waals surface area contributed by atoms with Crippen LogP contribution in [0.2, 0.25) is 0 Å². The van der Waals surface area contributed by atoms with E-state index in [0.717, 1.165) is 25.7 Å². The molecule has 0 amide bonds. The third-order valence-corrected chi connectivity index (χ3v) is 5.59. The van der Waals surface area contributed by atoms with Crippen LogP contribution < -0.4 is 4.74 Å². The van der Waals surface area contributed by atoms with Gasteiger partial charge in [0.05, 0.1) is 13.2 Å². The van der Waals surface area contributed by atoms with Gasteiger partial charge in [0.1, 0.15) is 0 Å². The summed E-state index contributed by atoms with van der Waals surface area (Å²) in [6.45, 7) is 5.45. The van der Waals surface area contributed by atoms with Crippen LogP contribution in [-0.2, 0) is 9.47 Å². The Morgan fingerprint density at radius 3 is 2.39 bits per heavy atom. The molecule has 0 spiro atoms. The lowest BCUT2D eigenvalue weighted by Gasteiger charge is -2.29. The molecule has 0 aliphatic carbocycles. The van der Waals surface area contributed by atoms with Crippen molar-refractivity contribution in [1.82, 2.24) is 0 Å². The van der Waals surface area contributed by atoms with Gasteiger partial charge in [0.2, 0.25) is 0 Å². The van der Waals surface area contributed by atoms with E-state index in [9.17, 15) is 13.2 Å². The summed E-state index contributed by atoms with van der Waals surface area (Å²) < 4.78 is 60.8. The molecule has 2 unspecified atom stereocenters. The van der Waals surface area contributed by atoms with Gasteiger partial charge in [0.15, 0.2) is 29.5 Å². The normalized spacial score (nSPS) is 18.9. The number of halogens is 3. The van der Waals surface area contributed by atoms with Crippen molar-refractivity contribution >= 4 is 0 Å². The van der Waals surface area contributed by atoms with Crippen molar-refractivity contribution < 1.29 is 27.4 Å². The van der Waals surface area contributed by atoms with Crippen molar-refractivity contribution in [3.05, 3.63) is 53.3 Å². The predicted octanol–water partition coefficient (Wildman–Crippen LogP) is 6.99. The Morgan fingerprint density at radius 1 is 0.935 bits per heavy atom. The number of unbranched alkanes of at least 4 members (excludes halogenated alkanes) is 2. The van der Waals surface area contributed by atoms with Crippen LogP contribution in [0.25, 0.3) is 11.1 Å². The molecule has 0 bridgehead atoms. The van der Waals surface area contributed by atoms with Crippen molar-refractivity contribution in [1.29, 1.82) is 0 Å². The molecular weight excluding hydrogens is 405 g/mol. The molecule has 2 aromatic rings. The number of ether oxygens (including phenoxy) is 3. The lowest BCUT2D eigenvalue weighted by atomic mass is 9.90. The fourth-order valence-electron chi connectivity index (χ4n) is 3.68. The van der Waals surface area contributed by atoms with Crippen LogP contribution in [0.4, 0.5) is 13.2 Å². The molecular formula is C25H31F3O3. The first-order valence-electron chi connectivity index (χ1n) is 11.2. The zero-order valence-corrected chi connectivity index (χ0v) is 18.3. The monoisotopic (exact) mass is 436 g/mol. The minimum atomic E-state index is -0.974. The van der Waals surface area contributed by atoms with Crippen molar-refractivity contribution in [2.24, 2.45) is 0 Å². The molecule has 0 saturated carbocycles. The Kier molecular flexibility index (Phi) is 8.79.